The second-order valence-corrected chi connectivity index (χ2v) is 8.90. The maximum Gasteiger partial charge on any atom is 0.208 e. The van der Waals surface area contributed by atoms with Crippen molar-refractivity contribution in [2.24, 2.45) is 10.9 Å². The molecule has 0 amide bonds. The zero-order valence-corrected chi connectivity index (χ0v) is 17.9. The van der Waals surface area contributed by atoms with E-state index in [1.807, 2.05) is 25.6 Å². The Morgan fingerprint density at radius 3 is 2.74 bits per heavy atom. The molecule has 0 aliphatic carbocycles. The Morgan fingerprint density at radius 1 is 1.30 bits per heavy atom. The number of piperidine rings is 1. The van der Waals surface area contributed by atoms with E-state index < -0.39 is 0 Å². The van der Waals surface area contributed by atoms with Gasteiger partial charge in [0.2, 0.25) is 5.89 Å². The molecule has 0 spiro atoms. The van der Waals surface area contributed by atoms with Crippen molar-refractivity contribution in [1.82, 2.24) is 20.5 Å². The van der Waals surface area contributed by atoms with Gasteiger partial charge in [-0.25, -0.2) is 4.98 Å². The first-order valence-corrected chi connectivity index (χ1v) is 11.6. The SMILES string of the molecule is CCNC(=NCC1CCN(Cc2nc(C)c(C)o2)CC1)NC1CCCSC1. The monoisotopic (exact) mass is 393 g/mol. The van der Waals surface area contributed by atoms with Crippen molar-refractivity contribution in [2.75, 3.05) is 37.7 Å². The van der Waals surface area contributed by atoms with Crippen LogP contribution in [0.25, 0.3) is 0 Å². The molecule has 0 saturated carbocycles. The van der Waals surface area contributed by atoms with E-state index in [0.717, 1.165) is 56.0 Å². The van der Waals surface area contributed by atoms with Crippen LogP contribution in [0.2, 0.25) is 0 Å². The van der Waals surface area contributed by atoms with Gasteiger partial charge in [0.1, 0.15) is 5.76 Å². The van der Waals surface area contributed by atoms with E-state index in [0.29, 0.717) is 12.0 Å². The highest BCUT2D eigenvalue weighted by Gasteiger charge is 2.21. The van der Waals surface area contributed by atoms with Crippen molar-refractivity contribution in [3.63, 3.8) is 0 Å². The minimum Gasteiger partial charge on any atom is -0.444 e. The number of hydrogen-bond acceptors (Lipinski definition) is 5. The van der Waals surface area contributed by atoms with Gasteiger partial charge in [-0.05, 0) is 71.2 Å². The average molecular weight is 394 g/mol. The fraction of sp³-hybridized carbons (Fsp3) is 0.800. The number of aliphatic imine (C=N–C) groups is 1. The maximum atomic E-state index is 5.73. The molecule has 3 rings (SSSR count). The van der Waals surface area contributed by atoms with E-state index in [1.54, 1.807) is 0 Å². The van der Waals surface area contributed by atoms with Crippen LogP contribution in [-0.4, -0.2) is 59.6 Å². The smallest absolute Gasteiger partial charge is 0.208 e. The minimum absolute atomic E-state index is 0.566. The summed E-state index contributed by atoms with van der Waals surface area (Å²) in [4.78, 5) is 11.9. The van der Waals surface area contributed by atoms with Gasteiger partial charge in [0.15, 0.2) is 5.96 Å². The van der Waals surface area contributed by atoms with Gasteiger partial charge in [-0.15, -0.1) is 0 Å². The summed E-state index contributed by atoms with van der Waals surface area (Å²) in [6, 6.07) is 0.566. The molecule has 0 radical (unpaired) electrons. The zero-order valence-electron chi connectivity index (χ0n) is 17.1. The molecule has 2 saturated heterocycles. The van der Waals surface area contributed by atoms with Gasteiger partial charge in [-0.3, -0.25) is 9.89 Å². The third-order valence-electron chi connectivity index (χ3n) is 5.49. The molecule has 1 aromatic rings. The van der Waals surface area contributed by atoms with E-state index >= 15 is 0 Å². The Bertz CT molecular complexity index is 584. The van der Waals surface area contributed by atoms with Crippen molar-refractivity contribution >= 4 is 17.7 Å². The van der Waals surface area contributed by atoms with Crippen LogP contribution < -0.4 is 10.6 Å². The molecule has 2 aliphatic heterocycles. The standard InChI is InChI=1S/C20H35N5OS/c1-4-21-20(24-18-6-5-11-27-14-18)22-12-17-7-9-25(10-8-17)13-19-23-15(2)16(3)26-19/h17-18H,4-14H2,1-3H3,(H2,21,22,24). The fourth-order valence-corrected chi connectivity index (χ4v) is 4.79. The predicted molar refractivity (Wildman–Crippen MR) is 113 cm³/mol. The predicted octanol–water partition coefficient (Wildman–Crippen LogP) is 2.95. The number of likely N-dealkylation sites (tertiary alicyclic amines) is 1. The summed E-state index contributed by atoms with van der Waals surface area (Å²) in [7, 11) is 0. The molecule has 3 heterocycles. The molecular weight excluding hydrogens is 358 g/mol. The van der Waals surface area contributed by atoms with Crippen molar-refractivity contribution in [3.8, 4) is 0 Å². The first kappa shape index (κ1) is 20.5. The second kappa shape index (κ2) is 10.4. The molecule has 27 heavy (non-hydrogen) atoms. The Balaban J connectivity index is 1.43. The molecule has 1 aromatic heterocycles. The van der Waals surface area contributed by atoms with Gasteiger partial charge in [0, 0.05) is 24.9 Å². The van der Waals surface area contributed by atoms with Gasteiger partial charge >= 0.3 is 0 Å². The Labute approximate surface area is 168 Å². The molecule has 1 atom stereocenters. The highest BCUT2D eigenvalue weighted by molar-refractivity contribution is 7.99. The van der Waals surface area contributed by atoms with Crippen LogP contribution >= 0.6 is 11.8 Å². The minimum atomic E-state index is 0.566. The van der Waals surface area contributed by atoms with E-state index in [-0.39, 0.29) is 0 Å². The van der Waals surface area contributed by atoms with Crippen LogP contribution in [0.4, 0.5) is 0 Å². The number of rotatable bonds is 6. The number of aromatic nitrogens is 1. The van der Waals surface area contributed by atoms with Gasteiger partial charge in [0.05, 0.1) is 12.2 Å². The highest BCUT2D eigenvalue weighted by Crippen LogP contribution is 2.20. The third-order valence-corrected chi connectivity index (χ3v) is 6.71. The molecule has 0 bridgehead atoms. The average Bonchev–Trinajstić information content (AvgIpc) is 2.99. The normalized spacial score (nSPS) is 22.8. The fourth-order valence-electron chi connectivity index (χ4n) is 3.71. The largest absolute Gasteiger partial charge is 0.444 e. The molecule has 2 fully saturated rings. The van der Waals surface area contributed by atoms with Crippen molar-refractivity contribution < 1.29 is 4.42 Å². The second-order valence-electron chi connectivity index (χ2n) is 7.75. The number of thioether (sulfide) groups is 1. The van der Waals surface area contributed by atoms with Crippen LogP contribution in [0.3, 0.4) is 0 Å². The molecule has 2 aliphatic rings. The quantitative estimate of drug-likeness (QED) is 0.572. The number of hydrogen-bond donors (Lipinski definition) is 2. The summed E-state index contributed by atoms with van der Waals surface area (Å²) in [5.41, 5.74) is 1.01. The van der Waals surface area contributed by atoms with Crippen LogP contribution in [0, 0.1) is 19.8 Å². The first-order chi connectivity index (χ1) is 13.1. The molecule has 6 nitrogen and oxygen atoms in total. The van der Waals surface area contributed by atoms with Crippen molar-refractivity contribution in [2.45, 2.75) is 59.0 Å². The van der Waals surface area contributed by atoms with Crippen molar-refractivity contribution in [3.05, 3.63) is 17.3 Å². The van der Waals surface area contributed by atoms with Crippen LogP contribution in [-0.2, 0) is 6.54 Å². The summed E-state index contributed by atoms with van der Waals surface area (Å²) >= 11 is 2.05. The lowest BCUT2D eigenvalue weighted by Crippen LogP contribution is -2.45. The number of nitrogens with zero attached hydrogens (tertiary/aromatic N) is 3. The van der Waals surface area contributed by atoms with Gasteiger partial charge < -0.3 is 15.1 Å². The van der Waals surface area contributed by atoms with Gasteiger partial charge in [-0.2, -0.15) is 11.8 Å². The molecule has 152 valence electrons. The van der Waals surface area contributed by atoms with E-state index in [9.17, 15) is 0 Å². The zero-order chi connectivity index (χ0) is 19.1. The summed E-state index contributed by atoms with van der Waals surface area (Å²) in [5.74, 6) is 5.96. The van der Waals surface area contributed by atoms with E-state index in [4.69, 9.17) is 9.41 Å². The molecule has 2 N–H and O–H groups in total. The van der Waals surface area contributed by atoms with Crippen LogP contribution in [0.1, 0.15) is 50.0 Å². The molecular formula is C20H35N5OS. The van der Waals surface area contributed by atoms with E-state index in [1.165, 1.54) is 37.2 Å². The number of guanidine groups is 1. The summed E-state index contributed by atoms with van der Waals surface area (Å²) in [6.45, 7) is 11.0. The highest BCUT2D eigenvalue weighted by atomic mass is 32.2. The molecule has 0 aromatic carbocycles. The lowest BCUT2D eigenvalue weighted by Gasteiger charge is -2.30. The lowest BCUT2D eigenvalue weighted by molar-refractivity contribution is 0.166. The Morgan fingerprint density at radius 2 is 2.11 bits per heavy atom. The topological polar surface area (TPSA) is 65.7 Å². The van der Waals surface area contributed by atoms with E-state index in [2.05, 4.69) is 27.4 Å². The summed E-state index contributed by atoms with van der Waals surface area (Å²) in [5, 5.41) is 7.05. The Kier molecular flexibility index (Phi) is 7.88. The first-order valence-electron chi connectivity index (χ1n) is 10.4. The van der Waals surface area contributed by atoms with Crippen molar-refractivity contribution in [1.29, 1.82) is 0 Å². The van der Waals surface area contributed by atoms with Gasteiger partial charge in [0.25, 0.3) is 0 Å². The van der Waals surface area contributed by atoms with Crippen LogP contribution in [0.5, 0.6) is 0 Å². The molecule has 7 heteroatoms. The van der Waals surface area contributed by atoms with Crippen LogP contribution in [0.15, 0.2) is 9.41 Å². The number of oxazole rings is 1. The maximum absolute atomic E-state index is 5.73. The number of nitrogens with one attached hydrogen (secondary N) is 2. The lowest BCUT2D eigenvalue weighted by atomic mass is 9.97. The number of aryl methyl sites for hydroxylation is 2. The van der Waals surface area contributed by atoms with Gasteiger partial charge in [-0.1, -0.05) is 0 Å². The molecule has 1 unspecified atom stereocenters. The Hall–Kier alpha value is -1.21. The summed E-state index contributed by atoms with van der Waals surface area (Å²) in [6.07, 6.45) is 4.96. The third kappa shape index (κ3) is 6.42. The summed E-state index contributed by atoms with van der Waals surface area (Å²) < 4.78 is 5.73.